The third kappa shape index (κ3) is 2.52. The van der Waals surface area contributed by atoms with Gasteiger partial charge in [-0.25, -0.2) is 0 Å². The van der Waals surface area contributed by atoms with Crippen molar-refractivity contribution in [3.8, 4) is 0 Å². The maximum atomic E-state index is 12.5. The van der Waals surface area contributed by atoms with Crippen molar-refractivity contribution in [3.63, 3.8) is 0 Å². The zero-order valence-corrected chi connectivity index (χ0v) is 11.8. The largest absolute Gasteiger partial charge is 0.307 e. The Labute approximate surface area is 113 Å². The smallest absolute Gasteiger partial charge is 0.278 e. The van der Waals surface area contributed by atoms with Gasteiger partial charge in [-0.1, -0.05) is 18.2 Å². The first kappa shape index (κ1) is 13.3. The Morgan fingerprint density at radius 2 is 2.00 bits per heavy atom. The fraction of sp³-hybridized carbons (Fsp3) is 0.333. The van der Waals surface area contributed by atoms with Crippen LogP contribution in [0.2, 0.25) is 0 Å². The SMILES string of the molecule is CCN(C(=O)c1cc(C)n(C)n1)c1ccccc1C. The number of para-hydroxylation sites is 1. The van der Waals surface area contributed by atoms with E-state index in [0.717, 1.165) is 16.9 Å². The highest BCUT2D eigenvalue weighted by molar-refractivity contribution is 6.05. The van der Waals surface area contributed by atoms with Crippen molar-refractivity contribution < 1.29 is 4.79 Å². The van der Waals surface area contributed by atoms with Crippen molar-refractivity contribution in [2.75, 3.05) is 11.4 Å². The predicted octanol–water partition coefficient (Wildman–Crippen LogP) is 2.70. The monoisotopic (exact) mass is 257 g/mol. The lowest BCUT2D eigenvalue weighted by Gasteiger charge is -2.21. The highest BCUT2D eigenvalue weighted by Gasteiger charge is 2.20. The van der Waals surface area contributed by atoms with Crippen LogP contribution in [-0.2, 0) is 7.05 Å². The lowest BCUT2D eigenvalue weighted by atomic mass is 10.1. The first-order valence-corrected chi connectivity index (χ1v) is 6.42. The Balaban J connectivity index is 2.37. The molecule has 0 saturated heterocycles. The van der Waals surface area contributed by atoms with Crippen LogP contribution in [0.15, 0.2) is 30.3 Å². The van der Waals surface area contributed by atoms with Crippen LogP contribution in [0.3, 0.4) is 0 Å². The van der Waals surface area contributed by atoms with E-state index in [1.165, 1.54) is 0 Å². The minimum atomic E-state index is -0.0551. The number of aromatic nitrogens is 2. The second-order valence-electron chi connectivity index (χ2n) is 4.63. The molecule has 0 bridgehead atoms. The van der Waals surface area contributed by atoms with Gasteiger partial charge in [0.1, 0.15) is 0 Å². The van der Waals surface area contributed by atoms with Crippen LogP contribution in [0.5, 0.6) is 0 Å². The van der Waals surface area contributed by atoms with Gasteiger partial charge in [-0.05, 0) is 38.5 Å². The molecule has 1 aromatic heterocycles. The van der Waals surface area contributed by atoms with Crippen molar-refractivity contribution in [1.29, 1.82) is 0 Å². The van der Waals surface area contributed by atoms with E-state index in [1.807, 2.05) is 58.2 Å². The van der Waals surface area contributed by atoms with Gasteiger partial charge in [0.2, 0.25) is 0 Å². The lowest BCUT2D eigenvalue weighted by Crippen LogP contribution is -2.31. The van der Waals surface area contributed by atoms with Gasteiger partial charge in [0.25, 0.3) is 5.91 Å². The molecule has 0 spiro atoms. The number of rotatable bonds is 3. The molecular formula is C15H19N3O. The molecule has 1 aromatic carbocycles. The van der Waals surface area contributed by atoms with Crippen LogP contribution < -0.4 is 4.90 Å². The van der Waals surface area contributed by atoms with Gasteiger partial charge < -0.3 is 4.90 Å². The number of carbonyl (C=O) groups is 1. The number of nitrogens with zero attached hydrogens (tertiary/aromatic N) is 3. The van der Waals surface area contributed by atoms with Gasteiger partial charge in [0.05, 0.1) is 0 Å². The van der Waals surface area contributed by atoms with Crippen LogP contribution in [-0.4, -0.2) is 22.2 Å². The average molecular weight is 257 g/mol. The standard InChI is InChI=1S/C15H19N3O/c1-5-18(14-9-7-6-8-11(14)2)15(19)13-10-12(3)17(4)16-13/h6-10H,5H2,1-4H3. The molecule has 0 unspecified atom stereocenters. The second kappa shape index (κ2) is 5.26. The minimum absolute atomic E-state index is 0.0551. The maximum absolute atomic E-state index is 12.5. The molecule has 0 N–H and O–H groups in total. The lowest BCUT2D eigenvalue weighted by molar-refractivity contribution is 0.0982. The molecule has 1 amide bonds. The number of benzene rings is 1. The number of amides is 1. The molecule has 0 saturated carbocycles. The van der Waals surface area contributed by atoms with Gasteiger partial charge in [-0.15, -0.1) is 0 Å². The Bertz CT molecular complexity index is 582. The van der Waals surface area contributed by atoms with E-state index in [2.05, 4.69) is 5.10 Å². The maximum Gasteiger partial charge on any atom is 0.278 e. The molecule has 19 heavy (non-hydrogen) atoms. The summed E-state index contributed by atoms with van der Waals surface area (Å²) in [6, 6.07) is 9.72. The number of aryl methyl sites for hydroxylation is 3. The molecule has 2 aromatic rings. The van der Waals surface area contributed by atoms with Crippen molar-refractivity contribution in [2.45, 2.75) is 20.8 Å². The normalized spacial score (nSPS) is 10.5. The molecular weight excluding hydrogens is 238 g/mol. The van der Waals surface area contributed by atoms with E-state index in [1.54, 1.807) is 9.58 Å². The molecule has 0 aliphatic carbocycles. The number of anilines is 1. The summed E-state index contributed by atoms with van der Waals surface area (Å²) in [6.07, 6.45) is 0. The van der Waals surface area contributed by atoms with Gasteiger partial charge >= 0.3 is 0 Å². The molecule has 2 rings (SSSR count). The number of carbonyl (C=O) groups excluding carboxylic acids is 1. The molecule has 0 radical (unpaired) electrons. The summed E-state index contributed by atoms with van der Waals surface area (Å²) in [4.78, 5) is 14.3. The summed E-state index contributed by atoms with van der Waals surface area (Å²) in [7, 11) is 1.84. The van der Waals surface area contributed by atoms with Crippen molar-refractivity contribution >= 4 is 11.6 Å². The van der Waals surface area contributed by atoms with Crippen molar-refractivity contribution in [2.24, 2.45) is 7.05 Å². The predicted molar refractivity (Wildman–Crippen MR) is 76.5 cm³/mol. The minimum Gasteiger partial charge on any atom is -0.307 e. The van der Waals surface area contributed by atoms with E-state index in [4.69, 9.17) is 0 Å². The fourth-order valence-electron chi connectivity index (χ4n) is 2.09. The van der Waals surface area contributed by atoms with Crippen LogP contribution in [0.1, 0.15) is 28.7 Å². The zero-order chi connectivity index (χ0) is 14.0. The van der Waals surface area contributed by atoms with Crippen LogP contribution in [0.4, 0.5) is 5.69 Å². The van der Waals surface area contributed by atoms with E-state index < -0.39 is 0 Å². The van der Waals surface area contributed by atoms with E-state index >= 15 is 0 Å². The molecule has 100 valence electrons. The average Bonchev–Trinajstić information content (AvgIpc) is 2.73. The highest BCUT2D eigenvalue weighted by atomic mass is 16.2. The number of hydrogen-bond acceptors (Lipinski definition) is 2. The Hall–Kier alpha value is -2.10. The molecule has 0 aliphatic rings. The fourth-order valence-corrected chi connectivity index (χ4v) is 2.09. The molecule has 4 heteroatoms. The van der Waals surface area contributed by atoms with Crippen LogP contribution >= 0.6 is 0 Å². The quantitative estimate of drug-likeness (QED) is 0.848. The third-order valence-electron chi connectivity index (χ3n) is 3.30. The zero-order valence-electron chi connectivity index (χ0n) is 11.8. The van der Waals surface area contributed by atoms with Gasteiger partial charge in [-0.2, -0.15) is 5.10 Å². The van der Waals surface area contributed by atoms with Gasteiger partial charge in [-0.3, -0.25) is 9.48 Å². The molecule has 1 heterocycles. The number of hydrogen-bond donors (Lipinski definition) is 0. The van der Waals surface area contributed by atoms with E-state index in [0.29, 0.717) is 12.2 Å². The van der Waals surface area contributed by atoms with Crippen molar-refractivity contribution in [3.05, 3.63) is 47.3 Å². The molecule has 0 aliphatic heterocycles. The highest BCUT2D eigenvalue weighted by Crippen LogP contribution is 2.21. The van der Waals surface area contributed by atoms with Gasteiger partial charge in [0, 0.05) is 25.0 Å². The summed E-state index contributed by atoms with van der Waals surface area (Å²) in [6.45, 7) is 6.54. The van der Waals surface area contributed by atoms with E-state index in [-0.39, 0.29) is 5.91 Å². The van der Waals surface area contributed by atoms with Crippen molar-refractivity contribution in [1.82, 2.24) is 9.78 Å². The summed E-state index contributed by atoms with van der Waals surface area (Å²) in [5, 5.41) is 4.26. The summed E-state index contributed by atoms with van der Waals surface area (Å²) in [5.74, 6) is -0.0551. The molecule has 0 atom stereocenters. The summed E-state index contributed by atoms with van der Waals surface area (Å²) >= 11 is 0. The van der Waals surface area contributed by atoms with Crippen LogP contribution in [0.25, 0.3) is 0 Å². The molecule has 0 fully saturated rings. The summed E-state index contributed by atoms with van der Waals surface area (Å²) in [5.41, 5.74) is 3.50. The Kier molecular flexibility index (Phi) is 3.69. The summed E-state index contributed by atoms with van der Waals surface area (Å²) < 4.78 is 1.72. The Morgan fingerprint density at radius 1 is 1.32 bits per heavy atom. The third-order valence-corrected chi connectivity index (χ3v) is 3.30. The first-order valence-electron chi connectivity index (χ1n) is 6.42. The van der Waals surface area contributed by atoms with Crippen LogP contribution in [0, 0.1) is 13.8 Å². The molecule has 4 nitrogen and oxygen atoms in total. The Morgan fingerprint density at radius 3 is 2.53 bits per heavy atom. The second-order valence-corrected chi connectivity index (χ2v) is 4.63. The topological polar surface area (TPSA) is 38.1 Å². The van der Waals surface area contributed by atoms with Gasteiger partial charge in [0.15, 0.2) is 5.69 Å². The first-order chi connectivity index (χ1) is 9.04. The van der Waals surface area contributed by atoms with E-state index in [9.17, 15) is 4.79 Å².